The highest BCUT2D eigenvalue weighted by Crippen LogP contribution is 2.17. The van der Waals surface area contributed by atoms with E-state index in [1.807, 2.05) is 0 Å². The van der Waals surface area contributed by atoms with Crippen molar-refractivity contribution in [1.29, 1.82) is 0 Å². The summed E-state index contributed by atoms with van der Waals surface area (Å²) in [5.74, 6) is 0. The van der Waals surface area contributed by atoms with Gasteiger partial charge in [0.1, 0.15) is 0 Å². The second-order valence-corrected chi connectivity index (χ2v) is 7.36. The van der Waals surface area contributed by atoms with Gasteiger partial charge in [-0.3, -0.25) is 0 Å². The summed E-state index contributed by atoms with van der Waals surface area (Å²) in [6.45, 7) is 4.62. The molecule has 0 aromatic heterocycles. The van der Waals surface area contributed by atoms with Gasteiger partial charge in [-0.2, -0.15) is 0 Å². The number of hydrogen-bond acceptors (Lipinski definition) is 1. The molecule has 0 aromatic carbocycles. The Balaban J connectivity index is 1.80. The number of nitrogens with one attached hydrogen (secondary N) is 1. The topological polar surface area (TPSA) is 12.0 Å². The normalized spacial score (nSPS) is 22.5. The van der Waals surface area contributed by atoms with Gasteiger partial charge < -0.3 is 5.32 Å². The Morgan fingerprint density at radius 3 is 2.14 bits per heavy atom. The maximum Gasteiger partial charge on any atom is 0.00696 e. The van der Waals surface area contributed by atoms with Gasteiger partial charge in [-0.1, -0.05) is 70.4 Å². The minimum Gasteiger partial charge on any atom is -0.312 e. The highest BCUT2D eigenvalue weighted by atomic mass is 15.0. The van der Waals surface area contributed by atoms with Crippen molar-refractivity contribution in [3.63, 3.8) is 0 Å². The van der Waals surface area contributed by atoms with Crippen LogP contribution < -0.4 is 5.32 Å². The molecule has 130 valence electrons. The van der Waals surface area contributed by atoms with E-state index in [9.17, 15) is 0 Å². The van der Waals surface area contributed by atoms with E-state index in [0.717, 1.165) is 12.1 Å². The Morgan fingerprint density at radius 1 is 0.818 bits per heavy atom. The van der Waals surface area contributed by atoms with Crippen molar-refractivity contribution >= 4 is 0 Å². The lowest BCUT2D eigenvalue weighted by Crippen LogP contribution is -2.40. The van der Waals surface area contributed by atoms with E-state index in [-0.39, 0.29) is 0 Å². The van der Waals surface area contributed by atoms with Gasteiger partial charge >= 0.3 is 0 Å². The minimum absolute atomic E-state index is 0.747. The molecule has 1 nitrogen and oxygen atoms in total. The largest absolute Gasteiger partial charge is 0.312 e. The molecular formula is C21H41N. The first kappa shape index (κ1) is 19.7. The van der Waals surface area contributed by atoms with Crippen molar-refractivity contribution in [2.75, 3.05) is 0 Å². The Labute approximate surface area is 140 Å². The molecule has 0 spiro atoms. The van der Waals surface area contributed by atoms with E-state index in [1.54, 1.807) is 0 Å². The Morgan fingerprint density at radius 2 is 1.45 bits per heavy atom. The third kappa shape index (κ3) is 11.3. The van der Waals surface area contributed by atoms with Crippen LogP contribution in [-0.4, -0.2) is 12.1 Å². The molecule has 22 heavy (non-hydrogen) atoms. The van der Waals surface area contributed by atoms with Crippen molar-refractivity contribution in [1.82, 2.24) is 5.32 Å². The van der Waals surface area contributed by atoms with Gasteiger partial charge in [0.2, 0.25) is 0 Å². The monoisotopic (exact) mass is 307 g/mol. The van der Waals surface area contributed by atoms with E-state index in [4.69, 9.17) is 0 Å². The lowest BCUT2D eigenvalue weighted by atomic mass is 9.96. The molecule has 0 aromatic rings. The molecule has 0 radical (unpaired) electrons. The van der Waals surface area contributed by atoms with E-state index in [0.29, 0.717) is 0 Å². The summed E-state index contributed by atoms with van der Waals surface area (Å²) in [5.41, 5.74) is 0. The molecule has 2 atom stereocenters. The molecule has 0 unspecified atom stereocenters. The summed E-state index contributed by atoms with van der Waals surface area (Å²) in [5, 5.41) is 3.74. The van der Waals surface area contributed by atoms with Crippen molar-refractivity contribution < 1.29 is 0 Å². The van der Waals surface area contributed by atoms with E-state index in [2.05, 4.69) is 31.3 Å². The molecule has 1 aliphatic heterocycles. The highest BCUT2D eigenvalue weighted by molar-refractivity contribution is 4.83. The lowest BCUT2D eigenvalue weighted by Gasteiger charge is -2.28. The number of hydrogen-bond donors (Lipinski definition) is 1. The van der Waals surface area contributed by atoms with Gasteiger partial charge in [-0.15, -0.1) is 0 Å². The van der Waals surface area contributed by atoms with Gasteiger partial charge in [-0.05, 0) is 51.9 Å². The van der Waals surface area contributed by atoms with E-state index < -0.39 is 0 Å². The second kappa shape index (κ2) is 14.3. The molecule has 1 heterocycles. The third-order valence-electron chi connectivity index (χ3n) is 5.02. The zero-order valence-electron chi connectivity index (χ0n) is 15.4. The number of rotatable bonds is 13. The van der Waals surface area contributed by atoms with Crippen LogP contribution >= 0.6 is 0 Å². The predicted molar refractivity (Wildman–Crippen MR) is 100 cm³/mol. The maximum atomic E-state index is 3.74. The fraction of sp³-hybridized carbons (Fsp3) is 0.905. The molecule has 1 N–H and O–H groups in total. The molecule has 1 saturated heterocycles. The van der Waals surface area contributed by atoms with Gasteiger partial charge in [0.05, 0.1) is 0 Å². The average molecular weight is 308 g/mol. The van der Waals surface area contributed by atoms with Crippen molar-refractivity contribution in [2.45, 2.75) is 122 Å². The molecule has 0 aliphatic carbocycles. The zero-order valence-corrected chi connectivity index (χ0v) is 15.4. The summed E-state index contributed by atoms with van der Waals surface area (Å²) in [6, 6.07) is 1.54. The average Bonchev–Trinajstić information content (AvgIpc) is 2.52. The van der Waals surface area contributed by atoms with Gasteiger partial charge in [0, 0.05) is 12.1 Å². The summed E-state index contributed by atoms with van der Waals surface area (Å²) in [4.78, 5) is 0. The van der Waals surface area contributed by atoms with Crippen LogP contribution in [0, 0.1) is 0 Å². The van der Waals surface area contributed by atoms with Crippen molar-refractivity contribution in [3.8, 4) is 0 Å². The molecule has 0 amide bonds. The SMILES string of the molecule is CCCCCCCCCC/C=C\CCC[C@@H]1CCC[C@H](C)N1. The summed E-state index contributed by atoms with van der Waals surface area (Å²) in [7, 11) is 0. The van der Waals surface area contributed by atoms with Crippen LogP contribution in [0.15, 0.2) is 12.2 Å². The zero-order chi connectivity index (χ0) is 15.9. The van der Waals surface area contributed by atoms with Crippen molar-refractivity contribution in [3.05, 3.63) is 12.2 Å². The molecule has 1 aliphatic rings. The Hall–Kier alpha value is -0.300. The summed E-state index contributed by atoms with van der Waals surface area (Å²) < 4.78 is 0. The quantitative estimate of drug-likeness (QED) is 0.292. The number of unbranched alkanes of at least 4 members (excludes halogenated alkanes) is 9. The third-order valence-corrected chi connectivity index (χ3v) is 5.02. The molecule has 1 rings (SSSR count). The lowest BCUT2D eigenvalue weighted by molar-refractivity contribution is 0.318. The molecule has 1 fully saturated rings. The smallest absolute Gasteiger partial charge is 0.00696 e. The van der Waals surface area contributed by atoms with Crippen LogP contribution in [0.3, 0.4) is 0 Å². The highest BCUT2D eigenvalue weighted by Gasteiger charge is 2.16. The molecular weight excluding hydrogens is 266 g/mol. The van der Waals surface area contributed by atoms with Gasteiger partial charge in [-0.25, -0.2) is 0 Å². The predicted octanol–water partition coefficient (Wildman–Crippen LogP) is 6.77. The minimum atomic E-state index is 0.747. The molecule has 1 heteroatoms. The Kier molecular flexibility index (Phi) is 12.8. The molecule has 0 saturated carbocycles. The second-order valence-electron chi connectivity index (χ2n) is 7.36. The fourth-order valence-corrected chi connectivity index (χ4v) is 3.58. The van der Waals surface area contributed by atoms with Crippen LogP contribution in [0.2, 0.25) is 0 Å². The molecule has 0 bridgehead atoms. The number of allylic oxidation sites excluding steroid dienone is 2. The van der Waals surface area contributed by atoms with Crippen molar-refractivity contribution in [2.24, 2.45) is 0 Å². The fourth-order valence-electron chi connectivity index (χ4n) is 3.58. The first-order valence-corrected chi connectivity index (χ1v) is 10.2. The number of piperidine rings is 1. The van der Waals surface area contributed by atoms with Gasteiger partial charge in [0.15, 0.2) is 0 Å². The van der Waals surface area contributed by atoms with E-state index >= 15 is 0 Å². The maximum absolute atomic E-state index is 3.74. The van der Waals surface area contributed by atoms with Crippen LogP contribution in [0.5, 0.6) is 0 Å². The first-order valence-electron chi connectivity index (χ1n) is 10.2. The van der Waals surface area contributed by atoms with Crippen LogP contribution in [0.1, 0.15) is 110 Å². The summed E-state index contributed by atoms with van der Waals surface area (Å²) in [6.07, 6.45) is 25.8. The van der Waals surface area contributed by atoms with Crippen LogP contribution in [-0.2, 0) is 0 Å². The standard InChI is InChI=1S/C21H41N/c1-3-4-5-6-7-8-9-10-11-12-13-14-15-18-21-19-16-17-20(2)22-21/h12-13,20-22H,3-11,14-19H2,1-2H3/b13-12-/t20-,21+/m0/s1. The summed E-state index contributed by atoms with van der Waals surface area (Å²) >= 11 is 0. The van der Waals surface area contributed by atoms with Gasteiger partial charge in [0.25, 0.3) is 0 Å². The first-order chi connectivity index (χ1) is 10.8. The Bertz CT molecular complexity index is 259. The van der Waals surface area contributed by atoms with Crippen LogP contribution in [0.4, 0.5) is 0 Å². The van der Waals surface area contributed by atoms with E-state index in [1.165, 1.54) is 96.3 Å². The van der Waals surface area contributed by atoms with Crippen LogP contribution in [0.25, 0.3) is 0 Å².